The van der Waals surface area contributed by atoms with E-state index >= 15 is 0 Å². The number of aromatic nitrogens is 1. The number of carbonyl (C=O) groups is 2. The lowest BCUT2D eigenvalue weighted by molar-refractivity contribution is -0.143. The SMILES string of the molecule is C=C(C1CCCC(C(=O)O)C1)N1C=CN=C(N)/C1=C(\c1ccc(C(=O)Nc2cc(C3CC3)ccn2)cc1)C(C)CC. The number of hydrogen-bond acceptors (Lipinski definition) is 6. The highest BCUT2D eigenvalue weighted by molar-refractivity contribution is 6.06. The van der Waals surface area contributed by atoms with E-state index in [1.165, 1.54) is 18.4 Å². The molecular weight excluding hydrogens is 514 g/mol. The van der Waals surface area contributed by atoms with Crippen LogP contribution in [0.3, 0.4) is 0 Å². The molecule has 1 aromatic carbocycles. The number of nitrogens with one attached hydrogen (secondary N) is 1. The van der Waals surface area contributed by atoms with Gasteiger partial charge in [-0.2, -0.15) is 0 Å². The predicted molar refractivity (Wildman–Crippen MR) is 162 cm³/mol. The van der Waals surface area contributed by atoms with E-state index < -0.39 is 5.97 Å². The van der Waals surface area contributed by atoms with Gasteiger partial charge < -0.3 is 21.1 Å². The minimum atomic E-state index is -0.746. The second kappa shape index (κ2) is 12.1. The van der Waals surface area contributed by atoms with E-state index in [2.05, 4.69) is 35.7 Å². The lowest BCUT2D eigenvalue weighted by Crippen LogP contribution is -2.35. The van der Waals surface area contributed by atoms with Gasteiger partial charge in [0.15, 0.2) is 0 Å². The van der Waals surface area contributed by atoms with Crippen LogP contribution < -0.4 is 11.1 Å². The molecule has 0 spiro atoms. The molecule has 214 valence electrons. The van der Waals surface area contributed by atoms with Gasteiger partial charge in [0.2, 0.25) is 0 Å². The van der Waals surface area contributed by atoms with Crippen LogP contribution in [0, 0.1) is 17.8 Å². The third kappa shape index (κ3) is 6.26. The summed E-state index contributed by atoms with van der Waals surface area (Å²) in [6, 6.07) is 11.5. The number of aliphatic imine (C=N–C) groups is 1. The van der Waals surface area contributed by atoms with E-state index in [1.54, 1.807) is 12.4 Å². The Morgan fingerprint density at radius 1 is 1.12 bits per heavy atom. The number of hydrogen-bond donors (Lipinski definition) is 3. The smallest absolute Gasteiger partial charge is 0.306 e. The van der Waals surface area contributed by atoms with E-state index in [9.17, 15) is 14.7 Å². The monoisotopic (exact) mass is 553 g/mol. The highest BCUT2D eigenvalue weighted by Gasteiger charge is 2.33. The lowest BCUT2D eigenvalue weighted by Gasteiger charge is -2.37. The Kier molecular flexibility index (Phi) is 8.38. The first-order chi connectivity index (χ1) is 19.8. The van der Waals surface area contributed by atoms with Crippen molar-refractivity contribution < 1.29 is 14.7 Å². The number of rotatable bonds is 9. The number of amidine groups is 1. The van der Waals surface area contributed by atoms with Gasteiger partial charge in [0.1, 0.15) is 11.7 Å². The molecule has 2 saturated carbocycles. The van der Waals surface area contributed by atoms with E-state index in [0.29, 0.717) is 36.0 Å². The second-order valence-electron chi connectivity index (χ2n) is 11.4. The fraction of sp³-hybridized carbons (Fsp3) is 0.394. The highest BCUT2D eigenvalue weighted by atomic mass is 16.4. The Morgan fingerprint density at radius 2 is 1.83 bits per heavy atom. The predicted octanol–water partition coefficient (Wildman–Crippen LogP) is 6.52. The summed E-state index contributed by atoms with van der Waals surface area (Å²) in [4.78, 5) is 35.5. The largest absolute Gasteiger partial charge is 0.481 e. The summed E-state index contributed by atoms with van der Waals surface area (Å²) in [6.07, 6.45) is 11.5. The standard InChI is InChI=1S/C33H39N5O3/c1-4-20(2)29(30-31(34)36-16-17-38(30)21(3)25-6-5-7-27(18-25)33(40)41)23-10-12-24(13-11-23)32(39)37-28-19-26(14-15-35-28)22-8-9-22/h10-17,19-20,22,25,27H,3-9,18H2,1-2H3,(H2,34,36)(H,40,41)(H,35,37,39)/b30-29+. The number of carboxylic acid groups (broad SMARTS) is 1. The van der Waals surface area contributed by atoms with Crippen molar-refractivity contribution in [3.8, 4) is 0 Å². The maximum absolute atomic E-state index is 13.1. The molecule has 4 N–H and O–H groups in total. The fourth-order valence-corrected chi connectivity index (χ4v) is 5.89. The van der Waals surface area contributed by atoms with Crippen LogP contribution >= 0.6 is 0 Å². The van der Waals surface area contributed by atoms with Crippen LogP contribution in [-0.2, 0) is 4.79 Å². The van der Waals surface area contributed by atoms with Gasteiger partial charge in [0.25, 0.3) is 5.91 Å². The Hall–Kier alpha value is -4.20. The van der Waals surface area contributed by atoms with Crippen molar-refractivity contribution in [1.29, 1.82) is 0 Å². The first-order valence-corrected chi connectivity index (χ1v) is 14.6. The molecule has 8 heteroatoms. The zero-order valence-electron chi connectivity index (χ0n) is 23.8. The Bertz CT molecular complexity index is 1420. The van der Waals surface area contributed by atoms with E-state index in [-0.39, 0.29) is 23.7 Å². The molecule has 0 radical (unpaired) electrons. The summed E-state index contributed by atoms with van der Waals surface area (Å²) in [5.41, 5.74) is 11.8. The first kappa shape index (κ1) is 28.3. The Labute approximate surface area is 241 Å². The molecule has 2 fully saturated rings. The Balaban J connectivity index is 1.43. The molecule has 3 aliphatic rings. The summed E-state index contributed by atoms with van der Waals surface area (Å²) in [5.74, 6) is 0.374. The van der Waals surface area contributed by atoms with E-state index in [1.807, 2.05) is 47.5 Å². The van der Waals surface area contributed by atoms with Crippen molar-refractivity contribution in [2.75, 3.05) is 5.32 Å². The van der Waals surface area contributed by atoms with Gasteiger partial charge >= 0.3 is 5.97 Å². The molecule has 41 heavy (non-hydrogen) atoms. The van der Waals surface area contributed by atoms with Crippen molar-refractivity contribution >= 4 is 29.1 Å². The van der Waals surface area contributed by atoms with Crippen molar-refractivity contribution in [1.82, 2.24) is 9.88 Å². The zero-order chi connectivity index (χ0) is 29.1. The number of aliphatic carboxylic acids is 1. The minimum absolute atomic E-state index is 0.0340. The minimum Gasteiger partial charge on any atom is -0.481 e. The van der Waals surface area contributed by atoms with Crippen molar-refractivity contribution in [2.24, 2.45) is 28.5 Å². The Morgan fingerprint density at radius 3 is 2.51 bits per heavy atom. The highest BCUT2D eigenvalue weighted by Crippen LogP contribution is 2.41. The van der Waals surface area contributed by atoms with Gasteiger partial charge in [0, 0.05) is 29.9 Å². The van der Waals surface area contributed by atoms with Crippen molar-refractivity contribution in [2.45, 2.75) is 64.7 Å². The molecule has 8 nitrogen and oxygen atoms in total. The molecule has 2 aliphatic carbocycles. The molecule has 1 aliphatic heterocycles. The van der Waals surface area contributed by atoms with Gasteiger partial charge in [-0.1, -0.05) is 39.0 Å². The number of amides is 1. The summed E-state index contributed by atoms with van der Waals surface area (Å²) in [6.45, 7) is 8.69. The van der Waals surface area contributed by atoms with Crippen LogP contribution in [-0.4, -0.2) is 32.7 Å². The molecule has 5 rings (SSSR count). The number of anilines is 1. The molecule has 1 aromatic heterocycles. The summed E-state index contributed by atoms with van der Waals surface area (Å²) in [5, 5.41) is 12.6. The van der Waals surface area contributed by atoms with Gasteiger partial charge in [-0.3, -0.25) is 9.59 Å². The number of pyridine rings is 1. The number of carbonyl (C=O) groups excluding carboxylic acids is 1. The maximum Gasteiger partial charge on any atom is 0.306 e. The number of allylic oxidation sites excluding steroid dienone is 2. The van der Waals surface area contributed by atoms with Crippen molar-refractivity contribution in [3.63, 3.8) is 0 Å². The van der Waals surface area contributed by atoms with Gasteiger partial charge in [0.05, 0.1) is 11.6 Å². The molecule has 3 atom stereocenters. The second-order valence-corrected chi connectivity index (χ2v) is 11.4. The molecule has 2 heterocycles. The number of nitrogens with two attached hydrogens (primary N) is 1. The van der Waals surface area contributed by atoms with E-state index in [0.717, 1.165) is 41.8 Å². The lowest BCUT2D eigenvalue weighted by atomic mass is 9.79. The summed E-state index contributed by atoms with van der Waals surface area (Å²) in [7, 11) is 0. The average molecular weight is 554 g/mol. The van der Waals surface area contributed by atoms with Crippen LogP contribution in [0.15, 0.2) is 78.0 Å². The quantitative estimate of drug-likeness (QED) is 0.325. The number of carboxylic acids is 1. The number of nitrogens with zero attached hydrogens (tertiary/aromatic N) is 3. The summed E-state index contributed by atoms with van der Waals surface area (Å²) < 4.78 is 0. The average Bonchev–Trinajstić information content (AvgIpc) is 3.84. The molecule has 0 saturated heterocycles. The maximum atomic E-state index is 13.1. The van der Waals surface area contributed by atoms with Crippen LogP contribution in [0.25, 0.3) is 5.57 Å². The van der Waals surface area contributed by atoms with Crippen LogP contribution in [0.4, 0.5) is 5.82 Å². The van der Waals surface area contributed by atoms with Crippen molar-refractivity contribution in [3.05, 3.63) is 89.7 Å². The third-order valence-electron chi connectivity index (χ3n) is 8.61. The molecular formula is C33H39N5O3. The third-order valence-corrected chi connectivity index (χ3v) is 8.61. The van der Waals surface area contributed by atoms with Crippen LogP contribution in [0.5, 0.6) is 0 Å². The molecule has 3 unspecified atom stereocenters. The molecule has 1 amide bonds. The summed E-state index contributed by atoms with van der Waals surface area (Å²) >= 11 is 0. The van der Waals surface area contributed by atoms with Gasteiger partial charge in [-0.05, 0) is 97.2 Å². The zero-order valence-corrected chi connectivity index (χ0v) is 23.8. The van der Waals surface area contributed by atoms with Gasteiger partial charge in [-0.15, -0.1) is 0 Å². The normalized spacial score (nSPS) is 22.5. The molecule has 2 aromatic rings. The van der Waals surface area contributed by atoms with Crippen LogP contribution in [0.1, 0.15) is 86.2 Å². The fourth-order valence-electron chi connectivity index (χ4n) is 5.89. The topological polar surface area (TPSA) is 121 Å². The van der Waals surface area contributed by atoms with E-state index in [4.69, 9.17) is 5.73 Å². The molecule has 0 bridgehead atoms. The van der Waals surface area contributed by atoms with Crippen LogP contribution in [0.2, 0.25) is 0 Å². The first-order valence-electron chi connectivity index (χ1n) is 14.6. The van der Waals surface area contributed by atoms with Gasteiger partial charge in [-0.25, -0.2) is 9.98 Å². The number of benzene rings is 1.